The van der Waals surface area contributed by atoms with Gasteiger partial charge in [-0.2, -0.15) is 0 Å². The Labute approximate surface area is 159 Å². The Balaban J connectivity index is 1.74. The number of phenols is 2. The van der Waals surface area contributed by atoms with Gasteiger partial charge in [0.05, 0.1) is 23.5 Å². The van der Waals surface area contributed by atoms with Crippen molar-refractivity contribution in [3.63, 3.8) is 0 Å². The first kappa shape index (κ1) is 18.4. The zero-order valence-corrected chi connectivity index (χ0v) is 15.0. The van der Waals surface area contributed by atoms with Gasteiger partial charge >= 0.3 is 6.09 Å². The minimum Gasteiger partial charge on any atom is -0.508 e. The Kier molecular flexibility index (Phi) is 5.37. The summed E-state index contributed by atoms with van der Waals surface area (Å²) in [4.78, 5) is 11.4. The molecule has 1 amide bonds. The number of rotatable bonds is 5. The summed E-state index contributed by atoms with van der Waals surface area (Å²) in [6, 6.07) is 10.8. The lowest BCUT2D eigenvalue weighted by Gasteiger charge is -2.11. The fraction of sp³-hybridized carbons (Fsp3) is 0.111. The van der Waals surface area contributed by atoms with Crippen molar-refractivity contribution in [2.75, 3.05) is 12.4 Å². The van der Waals surface area contributed by atoms with Crippen molar-refractivity contribution in [2.45, 2.75) is 6.61 Å². The number of carbonyl (C=O) groups excluding carboxylic acids is 1. The maximum Gasteiger partial charge on any atom is 0.411 e. The summed E-state index contributed by atoms with van der Waals surface area (Å²) < 4.78 is 11.7. The highest BCUT2D eigenvalue weighted by Gasteiger charge is 2.10. The van der Waals surface area contributed by atoms with Crippen molar-refractivity contribution in [1.29, 1.82) is 0 Å². The monoisotopic (exact) mass is 389 g/mol. The lowest BCUT2D eigenvalue weighted by molar-refractivity contribution is 0.187. The van der Waals surface area contributed by atoms with Crippen LogP contribution in [0, 0.1) is 0 Å². The summed E-state index contributed by atoms with van der Waals surface area (Å²) in [7, 11) is 1.26. The van der Waals surface area contributed by atoms with Gasteiger partial charge in [-0.1, -0.05) is 11.6 Å². The Morgan fingerprint density at radius 2 is 2.04 bits per heavy atom. The molecule has 9 heteroatoms. The molecule has 0 spiro atoms. The quantitative estimate of drug-likeness (QED) is 0.574. The molecule has 0 atom stereocenters. The maximum absolute atomic E-state index is 11.4. The predicted molar refractivity (Wildman–Crippen MR) is 98.7 cm³/mol. The number of benzene rings is 2. The van der Waals surface area contributed by atoms with E-state index in [9.17, 15) is 15.0 Å². The molecule has 0 aliphatic carbocycles. The van der Waals surface area contributed by atoms with E-state index in [4.69, 9.17) is 16.3 Å². The molecular weight excluding hydrogens is 374 g/mol. The second-order valence-corrected chi connectivity index (χ2v) is 5.89. The number of carbonyl (C=O) groups is 1. The van der Waals surface area contributed by atoms with E-state index in [1.165, 1.54) is 30.0 Å². The van der Waals surface area contributed by atoms with Gasteiger partial charge in [-0.05, 0) is 30.3 Å². The van der Waals surface area contributed by atoms with E-state index >= 15 is 0 Å². The van der Waals surface area contributed by atoms with E-state index in [2.05, 4.69) is 15.2 Å². The molecular formula is C18H16ClN3O5. The Morgan fingerprint density at radius 1 is 1.22 bits per heavy atom. The van der Waals surface area contributed by atoms with Gasteiger partial charge in [0.15, 0.2) is 0 Å². The van der Waals surface area contributed by atoms with Crippen LogP contribution in [0.25, 0.3) is 5.69 Å². The standard InChI is InChI=1S/C18H16ClN3O5/c1-26-18(25)20-15-5-3-13(23)8-11(15)10-27-17-6-7-22(21-17)12-2-4-14(19)16(24)9-12/h2-9,23-24H,10H2,1H3,(H,20,25). The summed E-state index contributed by atoms with van der Waals surface area (Å²) >= 11 is 5.80. The first-order valence-corrected chi connectivity index (χ1v) is 8.18. The van der Waals surface area contributed by atoms with Crippen molar-refractivity contribution in [3.05, 3.63) is 59.2 Å². The minimum absolute atomic E-state index is 0.0335. The zero-order chi connectivity index (χ0) is 19.4. The Hall–Kier alpha value is -3.39. The molecule has 27 heavy (non-hydrogen) atoms. The third kappa shape index (κ3) is 4.42. The van der Waals surface area contributed by atoms with Crippen LogP contribution in [0.15, 0.2) is 48.7 Å². The number of ether oxygens (including phenoxy) is 2. The smallest absolute Gasteiger partial charge is 0.411 e. The van der Waals surface area contributed by atoms with Gasteiger partial charge in [-0.25, -0.2) is 9.48 Å². The van der Waals surface area contributed by atoms with Gasteiger partial charge < -0.3 is 19.7 Å². The summed E-state index contributed by atoms with van der Waals surface area (Å²) in [5, 5.41) is 26.4. The molecule has 0 fully saturated rings. The van der Waals surface area contributed by atoms with Gasteiger partial charge in [0.1, 0.15) is 18.1 Å². The SMILES string of the molecule is COC(=O)Nc1ccc(O)cc1COc1ccn(-c2ccc(Cl)c(O)c2)n1. The number of anilines is 1. The van der Waals surface area contributed by atoms with Crippen molar-refractivity contribution >= 4 is 23.4 Å². The number of amides is 1. The van der Waals surface area contributed by atoms with E-state index in [0.29, 0.717) is 22.8 Å². The zero-order valence-electron chi connectivity index (χ0n) is 14.2. The van der Waals surface area contributed by atoms with Crippen molar-refractivity contribution in [3.8, 4) is 23.1 Å². The molecule has 3 rings (SSSR count). The first-order chi connectivity index (χ1) is 13.0. The van der Waals surface area contributed by atoms with Gasteiger partial charge in [-0.15, -0.1) is 5.10 Å². The van der Waals surface area contributed by atoms with Crippen LogP contribution in [-0.4, -0.2) is 33.2 Å². The van der Waals surface area contributed by atoms with Crippen molar-refractivity contribution < 1.29 is 24.5 Å². The molecule has 0 unspecified atom stereocenters. The van der Waals surface area contributed by atoms with Crippen LogP contribution in [0.1, 0.15) is 5.56 Å². The van der Waals surface area contributed by atoms with E-state index in [1.807, 2.05) is 0 Å². The van der Waals surface area contributed by atoms with Crippen LogP contribution in [0.5, 0.6) is 17.4 Å². The molecule has 140 valence electrons. The Morgan fingerprint density at radius 3 is 2.78 bits per heavy atom. The van der Waals surface area contributed by atoms with Gasteiger partial charge in [0.25, 0.3) is 0 Å². The molecule has 0 saturated carbocycles. The van der Waals surface area contributed by atoms with E-state index < -0.39 is 6.09 Å². The average Bonchev–Trinajstić information content (AvgIpc) is 3.13. The number of aromatic nitrogens is 2. The molecule has 0 radical (unpaired) electrons. The number of nitrogens with one attached hydrogen (secondary N) is 1. The Bertz CT molecular complexity index is 973. The highest BCUT2D eigenvalue weighted by Crippen LogP contribution is 2.26. The third-order valence-electron chi connectivity index (χ3n) is 3.65. The second kappa shape index (κ2) is 7.88. The third-order valence-corrected chi connectivity index (χ3v) is 3.96. The van der Waals surface area contributed by atoms with Crippen LogP contribution >= 0.6 is 11.6 Å². The highest BCUT2D eigenvalue weighted by atomic mass is 35.5. The minimum atomic E-state index is -0.631. The van der Waals surface area contributed by atoms with Crippen LogP contribution in [0.3, 0.4) is 0 Å². The number of aromatic hydroxyl groups is 2. The summed E-state index contributed by atoms with van der Waals surface area (Å²) in [6.45, 7) is 0.0522. The number of nitrogens with zero attached hydrogens (tertiary/aromatic N) is 2. The molecule has 2 aromatic carbocycles. The van der Waals surface area contributed by atoms with Crippen molar-refractivity contribution in [1.82, 2.24) is 9.78 Å². The second-order valence-electron chi connectivity index (χ2n) is 5.48. The molecule has 0 bridgehead atoms. The lowest BCUT2D eigenvalue weighted by atomic mass is 10.2. The van der Waals surface area contributed by atoms with Gasteiger partial charge in [0, 0.05) is 23.9 Å². The number of hydrogen-bond donors (Lipinski definition) is 3. The fourth-order valence-corrected chi connectivity index (χ4v) is 2.42. The lowest BCUT2D eigenvalue weighted by Crippen LogP contribution is -2.13. The number of halogens is 1. The first-order valence-electron chi connectivity index (χ1n) is 7.80. The summed E-state index contributed by atoms with van der Waals surface area (Å²) in [5.74, 6) is 0.299. The van der Waals surface area contributed by atoms with E-state index in [-0.39, 0.29) is 23.1 Å². The van der Waals surface area contributed by atoms with E-state index in [1.54, 1.807) is 30.5 Å². The fourth-order valence-electron chi connectivity index (χ4n) is 2.31. The molecule has 1 heterocycles. The average molecular weight is 390 g/mol. The molecule has 0 aliphatic rings. The normalized spacial score (nSPS) is 10.4. The van der Waals surface area contributed by atoms with Crippen LogP contribution in [0.2, 0.25) is 5.02 Å². The number of phenolic OH excluding ortho intramolecular Hbond substituents is 2. The molecule has 0 aliphatic heterocycles. The number of hydrogen-bond acceptors (Lipinski definition) is 6. The van der Waals surface area contributed by atoms with Gasteiger partial charge in [0.2, 0.25) is 5.88 Å². The molecule has 3 N–H and O–H groups in total. The van der Waals surface area contributed by atoms with Crippen LogP contribution in [0.4, 0.5) is 10.5 Å². The van der Waals surface area contributed by atoms with Crippen LogP contribution < -0.4 is 10.1 Å². The van der Waals surface area contributed by atoms with E-state index in [0.717, 1.165) is 0 Å². The summed E-state index contributed by atoms with van der Waals surface area (Å²) in [5.41, 5.74) is 1.60. The molecule has 1 aromatic heterocycles. The molecule has 0 saturated heterocycles. The maximum atomic E-state index is 11.4. The largest absolute Gasteiger partial charge is 0.508 e. The number of methoxy groups -OCH3 is 1. The van der Waals surface area contributed by atoms with Crippen LogP contribution in [-0.2, 0) is 11.3 Å². The van der Waals surface area contributed by atoms with Crippen molar-refractivity contribution in [2.24, 2.45) is 0 Å². The summed E-state index contributed by atoms with van der Waals surface area (Å²) in [6.07, 6.45) is 1.03. The predicted octanol–water partition coefficient (Wildman–Crippen LogP) is 3.69. The molecule has 8 nitrogen and oxygen atoms in total. The van der Waals surface area contributed by atoms with Gasteiger partial charge in [-0.3, -0.25) is 5.32 Å². The molecule has 3 aromatic rings. The highest BCUT2D eigenvalue weighted by molar-refractivity contribution is 6.32. The topological polar surface area (TPSA) is 106 Å².